The number of hydrogen-bond acceptors (Lipinski definition) is 6. The summed E-state index contributed by atoms with van der Waals surface area (Å²) in [6, 6.07) is 0. The van der Waals surface area contributed by atoms with Gasteiger partial charge in [-0.15, -0.1) is 19.0 Å². The molecule has 6 nitrogen and oxygen atoms in total. The molecule has 0 rings (SSSR count). The van der Waals surface area contributed by atoms with Crippen molar-refractivity contribution in [3.05, 3.63) is 12.7 Å². The van der Waals surface area contributed by atoms with Crippen molar-refractivity contribution >= 4 is 12.4 Å². The second kappa shape index (κ2) is 4.73. The minimum absolute atomic E-state index is 0. The highest BCUT2D eigenvalue weighted by Gasteiger charge is 2.45. The molecular weight excluding hydrogens is 190 g/mol. The molecule has 0 aromatic carbocycles. The van der Waals surface area contributed by atoms with Gasteiger partial charge in [-0.1, -0.05) is 6.08 Å². The summed E-state index contributed by atoms with van der Waals surface area (Å²) in [5.41, 5.74) is 0. The summed E-state index contributed by atoms with van der Waals surface area (Å²) in [4.78, 5) is 0. The summed E-state index contributed by atoms with van der Waals surface area (Å²) in [5.74, 6) is -6.77. The lowest BCUT2D eigenvalue weighted by Crippen LogP contribution is -2.63. The van der Waals surface area contributed by atoms with E-state index in [-0.39, 0.29) is 19.0 Å². The Morgan fingerprint density at radius 3 is 1.83 bits per heavy atom. The van der Waals surface area contributed by atoms with Crippen LogP contribution in [0.4, 0.5) is 0 Å². The summed E-state index contributed by atoms with van der Waals surface area (Å²) in [6.07, 6.45) is 1.24. The van der Waals surface area contributed by atoms with Gasteiger partial charge in [0.25, 0.3) is 0 Å². The predicted octanol–water partition coefficient (Wildman–Crippen LogP) is -2.55. The zero-order chi connectivity index (χ0) is 9.12. The number of aliphatic hydroxyl groups is 5. The van der Waals surface area contributed by atoms with E-state index in [0.29, 0.717) is 0 Å². The summed E-state index contributed by atoms with van der Waals surface area (Å²) >= 11 is 0. The smallest absolute Gasteiger partial charge is 0.347 e. The average Bonchev–Trinajstić information content (AvgIpc) is 1.81. The first-order valence-corrected chi connectivity index (χ1v) is 2.79. The molecule has 7 heteroatoms. The van der Waals surface area contributed by atoms with Gasteiger partial charge in [0.1, 0.15) is 0 Å². The van der Waals surface area contributed by atoms with Crippen molar-refractivity contribution in [3.8, 4) is 0 Å². The molecule has 0 amide bonds. The van der Waals surface area contributed by atoms with Crippen LogP contribution < -0.4 is 5.32 Å². The third kappa shape index (κ3) is 3.98. The molecule has 0 saturated heterocycles. The fourth-order valence-electron chi connectivity index (χ4n) is 0.333. The Labute approximate surface area is 75.2 Å². The van der Waals surface area contributed by atoms with Crippen LogP contribution in [0.15, 0.2) is 12.7 Å². The van der Waals surface area contributed by atoms with E-state index in [1.807, 2.05) is 0 Å². The highest BCUT2D eigenvalue weighted by Crippen LogP contribution is 2.08. The molecule has 12 heavy (non-hydrogen) atoms. The van der Waals surface area contributed by atoms with Gasteiger partial charge in [0, 0.05) is 6.54 Å². The van der Waals surface area contributed by atoms with Gasteiger partial charge in [-0.05, 0) is 0 Å². The van der Waals surface area contributed by atoms with Crippen LogP contribution in [0, 0.1) is 0 Å². The van der Waals surface area contributed by atoms with E-state index in [0.717, 1.165) is 0 Å². The van der Waals surface area contributed by atoms with Gasteiger partial charge in [-0.3, -0.25) is 5.32 Å². The van der Waals surface area contributed by atoms with Crippen LogP contribution in [-0.2, 0) is 0 Å². The van der Waals surface area contributed by atoms with Gasteiger partial charge in [-0.2, -0.15) is 0 Å². The van der Waals surface area contributed by atoms with Crippen molar-refractivity contribution in [2.24, 2.45) is 0 Å². The zero-order valence-electron chi connectivity index (χ0n) is 6.14. The zero-order valence-corrected chi connectivity index (χ0v) is 6.95. The van der Waals surface area contributed by atoms with Crippen molar-refractivity contribution in [3.63, 3.8) is 0 Å². The normalized spacial score (nSPS) is 12.1. The first-order chi connectivity index (χ1) is 4.81. The van der Waals surface area contributed by atoms with Crippen molar-refractivity contribution in [2.45, 2.75) is 11.9 Å². The lowest BCUT2D eigenvalue weighted by atomic mass is 10.4. The third-order valence-corrected chi connectivity index (χ3v) is 0.961. The number of rotatable bonds is 4. The summed E-state index contributed by atoms with van der Waals surface area (Å²) in [5, 5.41) is 43.9. The van der Waals surface area contributed by atoms with Crippen molar-refractivity contribution in [2.75, 3.05) is 6.54 Å². The molecule has 0 radical (unpaired) electrons. The Morgan fingerprint density at radius 2 is 1.58 bits per heavy atom. The van der Waals surface area contributed by atoms with E-state index in [9.17, 15) is 0 Å². The third-order valence-electron chi connectivity index (χ3n) is 0.961. The average molecular weight is 202 g/mol. The van der Waals surface area contributed by atoms with Gasteiger partial charge in [0.05, 0.1) is 0 Å². The van der Waals surface area contributed by atoms with E-state index in [1.165, 1.54) is 6.08 Å². The van der Waals surface area contributed by atoms with Gasteiger partial charge in [0.15, 0.2) is 0 Å². The van der Waals surface area contributed by atoms with Crippen molar-refractivity contribution in [1.82, 2.24) is 5.32 Å². The second-order valence-corrected chi connectivity index (χ2v) is 1.98. The first-order valence-electron chi connectivity index (χ1n) is 2.79. The van der Waals surface area contributed by atoms with Crippen LogP contribution in [0.2, 0.25) is 0 Å². The fraction of sp³-hybridized carbons (Fsp3) is 0.600. The molecule has 0 aliphatic heterocycles. The summed E-state index contributed by atoms with van der Waals surface area (Å²) in [6.45, 7) is 3.12. The number of halogens is 1. The maximum absolute atomic E-state index is 8.63. The Bertz CT molecular complexity index is 143. The van der Waals surface area contributed by atoms with Crippen molar-refractivity contribution < 1.29 is 25.5 Å². The number of hydrogen-bond donors (Lipinski definition) is 6. The minimum Gasteiger partial charge on any atom is -0.347 e. The number of nitrogens with one attached hydrogen (secondary N) is 1. The molecule has 0 bridgehead atoms. The molecule has 74 valence electrons. The maximum Gasteiger partial charge on any atom is 0.348 e. The molecule has 0 spiro atoms. The monoisotopic (exact) mass is 201 g/mol. The molecular formula is C5H12ClNO5. The Hall–Kier alpha value is -0.210. The molecule has 0 saturated carbocycles. The lowest BCUT2D eigenvalue weighted by Gasteiger charge is -2.29. The molecule has 0 aliphatic carbocycles. The second-order valence-electron chi connectivity index (χ2n) is 1.98. The quantitative estimate of drug-likeness (QED) is 0.221. The predicted molar refractivity (Wildman–Crippen MR) is 42.0 cm³/mol. The van der Waals surface area contributed by atoms with E-state index >= 15 is 0 Å². The highest BCUT2D eigenvalue weighted by atomic mass is 35.5. The highest BCUT2D eigenvalue weighted by molar-refractivity contribution is 5.85. The lowest BCUT2D eigenvalue weighted by molar-refractivity contribution is -0.455. The van der Waals surface area contributed by atoms with Crippen LogP contribution in [0.25, 0.3) is 0 Å². The molecule has 6 N–H and O–H groups in total. The molecule has 0 fully saturated rings. The van der Waals surface area contributed by atoms with Gasteiger partial charge >= 0.3 is 11.9 Å². The van der Waals surface area contributed by atoms with Crippen LogP contribution in [-0.4, -0.2) is 44.0 Å². The minimum atomic E-state index is -3.60. The summed E-state index contributed by atoms with van der Waals surface area (Å²) < 4.78 is 0. The van der Waals surface area contributed by atoms with Crippen molar-refractivity contribution in [1.29, 1.82) is 0 Å². The van der Waals surface area contributed by atoms with Crippen LogP contribution in [0.1, 0.15) is 0 Å². The Kier molecular flexibility index (Phi) is 5.64. The standard InChI is InChI=1S/C5H11NO5.ClH/c1-2-3-6-4(7,8)5(9,10)11;/h2,6-11H,1,3H2;1H. The molecule has 0 atom stereocenters. The molecule has 0 aliphatic rings. The van der Waals surface area contributed by atoms with E-state index in [4.69, 9.17) is 25.5 Å². The van der Waals surface area contributed by atoms with Gasteiger partial charge < -0.3 is 25.5 Å². The topological polar surface area (TPSA) is 113 Å². The Balaban J connectivity index is 0. The fourth-order valence-corrected chi connectivity index (χ4v) is 0.333. The van der Waals surface area contributed by atoms with Crippen LogP contribution in [0.3, 0.4) is 0 Å². The van der Waals surface area contributed by atoms with Crippen LogP contribution >= 0.6 is 12.4 Å². The largest absolute Gasteiger partial charge is 0.348 e. The Morgan fingerprint density at radius 1 is 1.17 bits per heavy atom. The summed E-state index contributed by atoms with van der Waals surface area (Å²) in [7, 11) is 0. The molecule has 0 unspecified atom stereocenters. The molecule has 0 heterocycles. The molecule has 0 aromatic rings. The first kappa shape index (κ1) is 14.3. The maximum atomic E-state index is 8.63. The van der Waals surface area contributed by atoms with Gasteiger partial charge in [0.2, 0.25) is 0 Å². The van der Waals surface area contributed by atoms with Crippen LogP contribution in [0.5, 0.6) is 0 Å². The molecule has 0 aromatic heterocycles. The van der Waals surface area contributed by atoms with E-state index in [2.05, 4.69) is 6.58 Å². The van der Waals surface area contributed by atoms with E-state index in [1.54, 1.807) is 5.32 Å². The van der Waals surface area contributed by atoms with Gasteiger partial charge in [-0.25, -0.2) is 0 Å². The van der Waals surface area contributed by atoms with E-state index < -0.39 is 11.9 Å². The SMILES string of the molecule is C=CCNC(O)(O)C(O)(O)O.Cl.